The van der Waals surface area contributed by atoms with Crippen molar-refractivity contribution in [1.29, 1.82) is 0 Å². The summed E-state index contributed by atoms with van der Waals surface area (Å²) in [4.78, 5) is 37.2. The second-order valence-electron chi connectivity index (χ2n) is 7.49. The number of carbonyl (C=O) groups is 2. The number of rotatable bonds is 8. The van der Waals surface area contributed by atoms with Crippen LogP contribution >= 0.6 is 0 Å². The van der Waals surface area contributed by atoms with E-state index in [1.54, 1.807) is 36.4 Å². The van der Waals surface area contributed by atoms with Crippen molar-refractivity contribution in [3.8, 4) is 11.5 Å². The van der Waals surface area contributed by atoms with E-state index >= 15 is 0 Å². The Balaban J connectivity index is 1.99. The van der Waals surface area contributed by atoms with Gasteiger partial charge in [-0.1, -0.05) is 42.5 Å². The number of carbonyl (C=O) groups excluding carboxylic acids is 2. The predicted molar refractivity (Wildman–Crippen MR) is 125 cm³/mol. The molecule has 1 amide bonds. The third-order valence-corrected chi connectivity index (χ3v) is 5.13. The molecule has 1 N–H and O–H groups in total. The summed E-state index contributed by atoms with van der Waals surface area (Å²) in [6.07, 6.45) is -1.36. The Morgan fingerprint density at radius 3 is 2.21 bits per heavy atom. The first-order valence-electron chi connectivity index (χ1n) is 10.3. The minimum absolute atomic E-state index is 0.0815. The normalized spacial score (nSPS) is 11.3. The van der Waals surface area contributed by atoms with E-state index in [-0.39, 0.29) is 17.1 Å². The van der Waals surface area contributed by atoms with E-state index in [4.69, 9.17) is 14.2 Å². The number of anilines is 1. The molecule has 34 heavy (non-hydrogen) atoms. The van der Waals surface area contributed by atoms with Gasteiger partial charge in [0.15, 0.2) is 11.5 Å². The molecule has 176 valence electrons. The highest BCUT2D eigenvalue weighted by Gasteiger charge is 2.31. The molecule has 9 heteroatoms. The molecular weight excluding hydrogens is 440 g/mol. The molecule has 0 radical (unpaired) electrons. The van der Waals surface area contributed by atoms with Crippen LogP contribution < -0.4 is 14.8 Å². The largest absolute Gasteiger partial charge is 0.493 e. The van der Waals surface area contributed by atoms with Gasteiger partial charge in [0.25, 0.3) is 11.6 Å². The van der Waals surface area contributed by atoms with Crippen molar-refractivity contribution in [2.45, 2.75) is 20.0 Å². The van der Waals surface area contributed by atoms with Crippen LogP contribution in [0.15, 0.2) is 60.7 Å². The van der Waals surface area contributed by atoms with Gasteiger partial charge in [0, 0.05) is 17.3 Å². The third-order valence-electron chi connectivity index (χ3n) is 5.13. The number of nitrogens with zero attached hydrogens (tertiary/aromatic N) is 1. The minimum Gasteiger partial charge on any atom is -0.493 e. The van der Waals surface area contributed by atoms with Crippen LogP contribution in [0.3, 0.4) is 0 Å². The molecule has 0 aromatic heterocycles. The Bertz CT molecular complexity index is 1230. The zero-order chi connectivity index (χ0) is 24.8. The van der Waals surface area contributed by atoms with Crippen molar-refractivity contribution in [3.63, 3.8) is 0 Å². The molecule has 3 aromatic rings. The Kier molecular flexibility index (Phi) is 7.47. The van der Waals surface area contributed by atoms with Crippen molar-refractivity contribution in [2.24, 2.45) is 0 Å². The number of hydrogen-bond donors (Lipinski definition) is 1. The lowest BCUT2D eigenvalue weighted by molar-refractivity contribution is -0.385. The summed E-state index contributed by atoms with van der Waals surface area (Å²) in [5.74, 6) is -1.47. The average Bonchev–Trinajstić information content (AvgIpc) is 2.84. The van der Waals surface area contributed by atoms with E-state index in [0.29, 0.717) is 11.3 Å². The zero-order valence-electron chi connectivity index (χ0n) is 19.2. The monoisotopic (exact) mass is 464 g/mol. The van der Waals surface area contributed by atoms with Gasteiger partial charge in [-0.3, -0.25) is 14.9 Å². The van der Waals surface area contributed by atoms with Crippen LogP contribution in [0.1, 0.15) is 33.2 Å². The first kappa shape index (κ1) is 24.2. The van der Waals surface area contributed by atoms with Crippen LogP contribution in [-0.4, -0.2) is 31.0 Å². The van der Waals surface area contributed by atoms with Gasteiger partial charge in [-0.25, -0.2) is 4.79 Å². The van der Waals surface area contributed by atoms with Gasteiger partial charge in [0.05, 0.1) is 25.2 Å². The van der Waals surface area contributed by atoms with Crippen molar-refractivity contribution in [2.75, 3.05) is 19.5 Å². The molecule has 0 heterocycles. The molecule has 3 aromatic carbocycles. The molecule has 1 unspecified atom stereocenters. The van der Waals surface area contributed by atoms with Crippen LogP contribution in [0, 0.1) is 24.0 Å². The summed E-state index contributed by atoms with van der Waals surface area (Å²) in [6, 6.07) is 16.2. The molecular formula is C25H24N2O7. The van der Waals surface area contributed by atoms with E-state index < -0.39 is 28.6 Å². The van der Waals surface area contributed by atoms with Gasteiger partial charge < -0.3 is 19.5 Å². The summed E-state index contributed by atoms with van der Waals surface area (Å²) in [5.41, 5.74) is 1.83. The topological polar surface area (TPSA) is 117 Å². The van der Waals surface area contributed by atoms with Crippen molar-refractivity contribution in [3.05, 3.63) is 93.0 Å². The van der Waals surface area contributed by atoms with Crippen molar-refractivity contribution in [1.82, 2.24) is 0 Å². The van der Waals surface area contributed by atoms with E-state index in [1.807, 2.05) is 26.0 Å². The van der Waals surface area contributed by atoms with Crippen LogP contribution in [0.5, 0.6) is 11.5 Å². The fourth-order valence-electron chi connectivity index (χ4n) is 3.32. The lowest BCUT2D eigenvalue weighted by atomic mass is 10.1. The zero-order valence-corrected chi connectivity index (χ0v) is 19.2. The Morgan fingerprint density at radius 2 is 1.59 bits per heavy atom. The van der Waals surface area contributed by atoms with Crippen LogP contribution in [0.2, 0.25) is 0 Å². The summed E-state index contributed by atoms with van der Waals surface area (Å²) in [7, 11) is 2.66. The van der Waals surface area contributed by atoms with Crippen LogP contribution in [0.25, 0.3) is 0 Å². The lowest BCUT2D eigenvalue weighted by Gasteiger charge is -2.19. The fourth-order valence-corrected chi connectivity index (χ4v) is 3.32. The van der Waals surface area contributed by atoms with Crippen molar-refractivity contribution >= 4 is 23.3 Å². The lowest BCUT2D eigenvalue weighted by Crippen LogP contribution is -2.26. The first-order chi connectivity index (χ1) is 16.2. The maximum atomic E-state index is 13.2. The van der Waals surface area contributed by atoms with Gasteiger partial charge in [-0.2, -0.15) is 0 Å². The predicted octanol–water partition coefficient (Wildman–Crippen LogP) is 4.77. The number of nitro groups is 1. The number of nitrogens with one attached hydrogen (secondary N) is 1. The Morgan fingerprint density at radius 1 is 0.941 bits per heavy atom. The molecule has 0 aliphatic carbocycles. The number of benzene rings is 3. The minimum atomic E-state index is -1.36. The highest BCUT2D eigenvalue weighted by molar-refractivity contribution is 6.00. The Labute approximate surface area is 196 Å². The second kappa shape index (κ2) is 10.5. The van der Waals surface area contributed by atoms with Gasteiger partial charge >= 0.3 is 5.97 Å². The quantitative estimate of drug-likeness (QED) is 0.290. The molecule has 0 fully saturated rings. The summed E-state index contributed by atoms with van der Waals surface area (Å²) in [5, 5.41) is 14.4. The molecule has 0 aliphatic rings. The average molecular weight is 464 g/mol. The maximum absolute atomic E-state index is 13.2. The SMILES string of the molecule is COc1cc(C(=O)OC(C(=O)Nc2cc(C)ccc2C)c2ccccc2)c([N+](=O)[O-])cc1OC. The number of ether oxygens (including phenoxy) is 3. The number of nitro benzene ring substituents is 1. The van der Waals surface area contributed by atoms with Gasteiger partial charge in [-0.15, -0.1) is 0 Å². The molecule has 0 saturated heterocycles. The fraction of sp³-hybridized carbons (Fsp3) is 0.200. The standard InChI is InChI=1S/C25H24N2O7/c1-15-10-11-16(2)19(12-15)26-24(28)23(17-8-6-5-7-9-17)34-25(29)18-13-21(32-3)22(33-4)14-20(18)27(30)31/h5-14,23H,1-4H3,(H,26,28). The van der Waals surface area contributed by atoms with Gasteiger partial charge in [0.1, 0.15) is 5.56 Å². The molecule has 0 spiro atoms. The first-order valence-corrected chi connectivity index (χ1v) is 10.3. The molecule has 0 saturated carbocycles. The molecule has 9 nitrogen and oxygen atoms in total. The highest BCUT2D eigenvalue weighted by Crippen LogP contribution is 2.35. The number of methoxy groups -OCH3 is 2. The number of aryl methyl sites for hydroxylation is 2. The summed E-state index contributed by atoms with van der Waals surface area (Å²) < 4.78 is 15.8. The molecule has 3 rings (SSSR count). The maximum Gasteiger partial charge on any atom is 0.346 e. The number of amides is 1. The molecule has 1 atom stereocenters. The van der Waals surface area contributed by atoms with E-state index in [9.17, 15) is 19.7 Å². The summed E-state index contributed by atoms with van der Waals surface area (Å²) in [6.45, 7) is 3.73. The second-order valence-corrected chi connectivity index (χ2v) is 7.49. The van der Waals surface area contributed by atoms with Crippen molar-refractivity contribution < 1.29 is 28.7 Å². The van der Waals surface area contributed by atoms with E-state index in [1.165, 1.54) is 14.2 Å². The molecule has 0 bridgehead atoms. The van der Waals surface area contributed by atoms with E-state index in [2.05, 4.69) is 5.32 Å². The molecule has 0 aliphatic heterocycles. The smallest absolute Gasteiger partial charge is 0.346 e. The van der Waals surface area contributed by atoms with Gasteiger partial charge in [0.2, 0.25) is 6.10 Å². The Hall–Kier alpha value is -4.40. The van der Waals surface area contributed by atoms with Crippen LogP contribution in [-0.2, 0) is 9.53 Å². The number of hydrogen-bond acceptors (Lipinski definition) is 7. The van der Waals surface area contributed by atoms with Gasteiger partial charge in [-0.05, 0) is 31.0 Å². The number of esters is 1. The van der Waals surface area contributed by atoms with Crippen LogP contribution in [0.4, 0.5) is 11.4 Å². The highest BCUT2D eigenvalue weighted by atomic mass is 16.6. The third kappa shape index (κ3) is 5.32. The van der Waals surface area contributed by atoms with E-state index in [0.717, 1.165) is 23.3 Å². The summed E-state index contributed by atoms with van der Waals surface area (Å²) >= 11 is 0.